The number of nitrogens with one attached hydrogen (secondary N) is 1. The summed E-state index contributed by atoms with van der Waals surface area (Å²) in [5, 5.41) is 0. The highest BCUT2D eigenvalue weighted by atomic mass is 14.7. The lowest BCUT2D eigenvalue weighted by Gasteiger charge is -2.03. The fraction of sp³-hybridized carbons (Fsp3) is 0.429. The molecular formula is C7H12N2. The topological polar surface area (TPSA) is 41.8 Å². The predicted octanol–water partition coefficient (Wildman–Crippen LogP) is 1.42. The zero-order chi connectivity index (χ0) is 6.69. The summed E-state index contributed by atoms with van der Waals surface area (Å²) in [4.78, 5) is 2.96. The van der Waals surface area contributed by atoms with E-state index in [9.17, 15) is 0 Å². The molecule has 0 aliphatic carbocycles. The monoisotopic (exact) mass is 124 g/mol. The minimum absolute atomic E-state index is 0.205. The third kappa shape index (κ3) is 1.33. The first-order valence-corrected chi connectivity index (χ1v) is 3.23. The Balaban J connectivity index is 2.65. The molecule has 0 saturated carbocycles. The van der Waals surface area contributed by atoms with Gasteiger partial charge in [0.15, 0.2) is 0 Å². The lowest BCUT2D eigenvalue weighted by molar-refractivity contribution is 0.700. The molecule has 50 valence electrons. The van der Waals surface area contributed by atoms with Crippen LogP contribution >= 0.6 is 0 Å². The average Bonchev–Trinajstić information content (AvgIpc) is 2.37. The average molecular weight is 124 g/mol. The quantitative estimate of drug-likeness (QED) is 0.615. The Morgan fingerprint density at radius 2 is 2.56 bits per heavy atom. The van der Waals surface area contributed by atoms with Crippen LogP contribution in [0.3, 0.4) is 0 Å². The van der Waals surface area contributed by atoms with Gasteiger partial charge < -0.3 is 10.7 Å². The number of hydrogen-bond donors (Lipinski definition) is 2. The highest BCUT2D eigenvalue weighted by Gasteiger charge is 2.00. The highest BCUT2D eigenvalue weighted by Crippen LogP contribution is 2.10. The lowest BCUT2D eigenvalue weighted by atomic mass is 10.1. The Morgan fingerprint density at radius 1 is 1.78 bits per heavy atom. The molecule has 9 heavy (non-hydrogen) atoms. The van der Waals surface area contributed by atoms with Gasteiger partial charge in [0, 0.05) is 18.4 Å². The molecule has 0 bridgehead atoms. The van der Waals surface area contributed by atoms with Crippen LogP contribution in [0, 0.1) is 0 Å². The maximum absolute atomic E-state index is 5.72. The van der Waals surface area contributed by atoms with Gasteiger partial charge in [-0.3, -0.25) is 0 Å². The molecule has 3 N–H and O–H groups in total. The van der Waals surface area contributed by atoms with Crippen molar-refractivity contribution in [3.8, 4) is 0 Å². The molecule has 0 saturated heterocycles. The first kappa shape index (κ1) is 6.36. The van der Waals surface area contributed by atoms with E-state index in [0.29, 0.717) is 0 Å². The van der Waals surface area contributed by atoms with Crippen LogP contribution in [0.1, 0.15) is 24.9 Å². The van der Waals surface area contributed by atoms with Crippen LogP contribution in [0.5, 0.6) is 0 Å². The van der Waals surface area contributed by atoms with E-state index in [4.69, 9.17) is 5.73 Å². The predicted molar refractivity (Wildman–Crippen MR) is 38.0 cm³/mol. The van der Waals surface area contributed by atoms with Gasteiger partial charge in [-0.05, 0) is 18.1 Å². The van der Waals surface area contributed by atoms with Crippen LogP contribution in [0.15, 0.2) is 18.5 Å². The Labute approximate surface area is 55.1 Å². The number of aromatic amines is 1. The molecule has 0 unspecified atom stereocenters. The van der Waals surface area contributed by atoms with Gasteiger partial charge in [0.2, 0.25) is 0 Å². The van der Waals surface area contributed by atoms with Crippen molar-refractivity contribution in [1.29, 1.82) is 0 Å². The zero-order valence-corrected chi connectivity index (χ0v) is 5.59. The Morgan fingerprint density at radius 3 is 3.00 bits per heavy atom. The summed E-state index contributed by atoms with van der Waals surface area (Å²) in [6, 6.07) is 2.21. The van der Waals surface area contributed by atoms with Gasteiger partial charge >= 0.3 is 0 Å². The van der Waals surface area contributed by atoms with Crippen LogP contribution in [0.4, 0.5) is 0 Å². The summed E-state index contributed by atoms with van der Waals surface area (Å²) in [7, 11) is 0. The van der Waals surface area contributed by atoms with E-state index in [1.807, 2.05) is 18.5 Å². The Kier molecular flexibility index (Phi) is 1.90. The van der Waals surface area contributed by atoms with E-state index < -0.39 is 0 Å². The zero-order valence-electron chi connectivity index (χ0n) is 5.59. The van der Waals surface area contributed by atoms with Crippen molar-refractivity contribution >= 4 is 0 Å². The first-order valence-electron chi connectivity index (χ1n) is 3.23. The van der Waals surface area contributed by atoms with Gasteiger partial charge in [-0.15, -0.1) is 0 Å². The number of aromatic nitrogens is 1. The Hall–Kier alpha value is -0.760. The largest absolute Gasteiger partial charge is 0.367 e. The molecule has 0 fully saturated rings. The van der Waals surface area contributed by atoms with Crippen LogP contribution in [-0.2, 0) is 0 Å². The van der Waals surface area contributed by atoms with Crippen molar-refractivity contribution in [2.24, 2.45) is 5.73 Å². The molecule has 1 atom stereocenters. The van der Waals surface area contributed by atoms with Crippen molar-refractivity contribution in [3.63, 3.8) is 0 Å². The molecule has 0 aliphatic heterocycles. The molecule has 0 radical (unpaired) electrons. The molecule has 0 spiro atoms. The normalized spacial score (nSPS) is 13.6. The smallest absolute Gasteiger partial charge is 0.0307 e. The molecule has 0 amide bonds. The summed E-state index contributed by atoms with van der Waals surface area (Å²) in [5.41, 5.74) is 6.91. The van der Waals surface area contributed by atoms with E-state index >= 15 is 0 Å². The summed E-state index contributed by atoms with van der Waals surface area (Å²) in [6.07, 6.45) is 4.83. The van der Waals surface area contributed by atoms with Crippen molar-refractivity contribution < 1.29 is 0 Å². The second kappa shape index (κ2) is 2.69. The van der Waals surface area contributed by atoms with Gasteiger partial charge in [0.1, 0.15) is 0 Å². The molecule has 1 rings (SSSR count). The number of H-pyrrole nitrogens is 1. The summed E-state index contributed by atoms with van der Waals surface area (Å²) in [6.45, 7) is 2.08. The molecule has 1 heterocycles. The molecule has 2 nitrogen and oxygen atoms in total. The maximum Gasteiger partial charge on any atom is 0.0307 e. The summed E-state index contributed by atoms with van der Waals surface area (Å²) >= 11 is 0. The van der Waals surface area contributed by atoms with Crippen molar-refractivity contribution in [2.45, 2.75) is 19.4 Å². The summed E-state index contributed by atoms with van der Waals surface area (Å²) in [5.74, 6) is 0. The third-order valence-corrected chi connectivity index (χ3v) is 1.49. The Bertz CT molecular complexity index is 155. The molecule has 0 aliphatic rings. The van der Waals surface area contributed by atoms with Gasteiger partial charge in [-0.2, -0.15) is 0 Å². The standard InChI is InChI=1S/C7H12N2/c1-2-7(8)6-3-4-9-5-6/h3-5,7,9H,2,8H2,1H3/t7-/m1/s1. The number of nitrogens with two attached hydrogens (primary N) is 1. The first-order chi connectivity index (χ1) is 4.34. The van der Waals surface area contributed by atoms with E-state index in [1.165, 1.54) is 5.56 Å². The van der Waals surface area contributed by atoms with Gasteiger partial charge in [0.25, 0.3) is 0 Å². The molecule has 1 aromatic heterocycles. The van der Waals surface area contributed by atoms with E-state index in [-0.39, 0.29) is 6.04 Å². The molecular weight excluding hydrogens is 112 g/mol. The van der Waals surface area contributed by atoms with E-state index in [1.54, 1.807) is 0 Å². The van der Waals surface area contributed by atoms with Crippen LogP contribution in [0.25, 0.3) is 0 Å². The third-order valence-electron chi connectivity index (χ3n) is 1.49. The second-order valence-electron chi connectivity index (χ2n) is 2.16. The van der Waals surface area contributed by atoms with Gasteiger partial charge in [-0.1, -0.05) is 6.92 Å². The minimum Gasteiger partial charge on any atom is -0.367 e. The van der Waals surface area contributed by atoms with E-state index in [2.05, 4.69) is 11.9 Å². The molecule has 1 aromatic rings. The van der Waals surface area contributed by atoms with Gasteiger partial charge in [0.05, 0.1) is 0 Å². The van der Waals surface area contributed by atoms with Crippen LogP contribution < -0.4 is 5.73 Å². The second-order valence-corrected chi connectivity index (χ2v) is 2.16. The summed E-state index contributed by atoms with van der Waals surface area (Å²) < 4.78 is 0. The number of hydrogen-bond acceptors (Lipinski definition) is 1. The van der Waals surface area contributed by atoms with E-state index in [0.717, 1.165) is 6.42 Å². The van der Waals surface area contributed by atoms with Crippen molar-refractivity contribution in [3.05, 3.63) is 24.0 Å². The molecule has 0 aromatic carbocycles. The van der Waals surface area contributed by atoms with Crippen LogP contribution in [-0.4, -0.2) is 4.98 Å². The maximum atomic E-state index is 5.72. The van der Waals surface area contributed by atoms with Crippen LogP contribution in [0.2, 0.25) is 0 Å². The SMILES string of the molecule is CC[C@@H](N)c1cc[nH]c1. The highest BCUT2D eigenvalue weighted by molar-refractivity contribution is 5.12. The fourth-order valence-electron chi connectivity index (χ4n) is 0.803. The minimum atomic E-state index is 0.205. The van der Waals surface area contributed by atoms with Gasteiger partial charge in [-0.25, -0.2) is 0 Å². The van der Waals surface area contributed by atoms with Crippen molar-refractivity contribution in [2.75, 3.05) is 0 Å². The fourth-order valence-corrected chi connectivity index (χ4v) is 0.803. The molecule has 2 heteroatoms. The lowest BCUT2D eigenvalue weighted by Crippen LogP contribution is -2.06. The van der Waals surface area contributed by atoms with Crippen molar-refractivity contribution in [1.82, 2.24) is 4.98 Å². The number of rotatable bonds is 2.